The van der Waals surface area contributed by atoms with Crippen LogP contribution in [0.5, 0.6) is 0 Å². The van der Waals surface area contributed by atoms with Crippen LogP contribution in [0.2, 0.25) is 10.0 Å². The first kappa shape index (κ1) is 21.5. The number of rotatable bonds is 6. The number of hydrogen-bond donors (Lipinski definition) is 0. The fraction of sp³-hybridized carbons (Fsp3) is 0.0769. The standard InChI is InChI=1S/C26H18Cl2F2O/c27-19-13-7-15-21(29)23(19)25(17-9-3-1-4-10-17)31-26(18-11-5-2-6-12-18)24-20(28)14-8-16-22(24)30/h1-16,25-26H. The molecule has 0 radical (unpaired) electrons. The first-order valence-electron chi connectivity index (χ1n) is 9.69. The number of halogens is 4. The molecule has 4 aromatic rings. The molecule has 0 saturated carbocycles. The van der Waals surface area contributed by atoms with Gasteiger partial charge in [-0.25, -0.2) is 8.78 Å². The van der Waals surface area contributed by atoms with E-state index in [1.807, 2.05) is 60.7 Å². The predicted molar refractivity (Wildman–Crippen MR) is 120 cm³/mol. The van der Waals surface area contributed by atoms with Gasteiger partial charge in [-0.2, -0.15) is 0 Å². The van der Waals surface area contributed by atoms with Gasteiger partial charge in [-0.15, -0.1) is 0 Å². The molecule has 1 nitrogen and oxygen atoms in total. The summed E-state index contributed by atoms with van der Waals surface area (Å²) < 4.78 is 36.3. The second kappa shape index (κ2) is 9.61. The Labute approximate surface area is 189 Å². The monoisotopic (exact) mass is 454 g/mol. The van der Waals surface area contributed by atoms with Crippen LogP contribution in [-0.4, -0.2) is 0 Å². The molecule has 0 amide bonds. The topological polar surface area (TPSA) is 9.23 Å². The lowest BCUT2D eigenvalue weighted by Crippen LogP contribution is -2.16. The van der Waals surface area contributed by atoms with Gasteiger partial charge in [0.1, 0.15) is 23.8 Å². The first-order valence-corrected chi connectivity index (χ1v) is 10.4. The lowest BCUT2D eigenvalue weighted by atomic mass is 9.97. The Morgan fingerprint density at radius 3 is 1.26 bits per heavy atom. The van der Waals surface area contributed by atoms with Gasteiger partial charge in [-0.3, -0.25) is 0 Å². The van der Waals surface area contributed by atoms with Gasteiger partial charge in [0.15, 0.2) is 0 Å². The van der Waals surface area contributed by atoms with Crippen LogP contribution in [0.25, 0.3) is 0 Å². The van der Waals surface area contributed by atoms with Crippen molar-refractivity contribution in [2.75, 3.05) is 0 Å². The van der Waals surface area contributed by atoms with Gasteiger partial charge in [-0.05, 0) is 35.4 Å². The van der Waals surface area contributed by atoms with E-state index < -0.39 is 23.8 Å². The van der Waals surface area contributed by atoms with Crippen LogP contribution in [0.4, 0.5) is 8.78 Å². The molecule has 0 heterocycles. The second-order valence-corrected chi connectivity index (χ2v) is 7.80. The van der Waals surface area contributed by atoms with Crippen molar-refractivity contribution in [3.8, 4) is 0 Å². The van der Waals surface area contributed by atoms with Crippen molar-refractivity contribution in [2.24, 2.45) is 0 Å². The summed E-state index contributed by atoms with van der Waals surface area (Å²) in [6.45, 7) is 0. The third-order valence-corrected chi connectivity index (χ3v) is 5.66. The Morgan fingerprint density at radius 2 is 0.903 bits per heavy atom. The van der Waals surface area contributed by atoms with E-state index in [9.17, 15) is 8.78 Å². The highest BCUT2D eigenvalue weighted by molar-refractivity contribution is 6.31. The summed E-state index contributed by atoms with van der Waals surface area (Å²) in [6, 6.07) is 27.2. The molecule has 0 fully saturated rings. The van der Waals surface area contributed by atoms with E-state index in [4.69, 9.17) is 27.9 Å². The minimum absolute atomic E-state index is 0.184. The summed E-state index contributed by atoms with van der Waals surface area (Å²) >= 11 is 12.8. The number of benzene rings is 4. The molecule has 0 spiro atoms. The van der Waals surface area contributed by atoms with Crippen molar-refractivity contribution in [2.45, 2.75) is 12.2 Å². The van der Waals surface area contributed by atoms with Crippen LogP contribution >= 0.6 is 23.2 Å². The molecule has 0 bridgehead atoms. The molecule has 0 aliphatic carbocycles. The van der Waals surface area contributed by atoms with Gasteiger partial charge in [-0.1, -0.05) is 96.0 Å². The molecule has 4 aromatic carbocycles. The van der Waals surface area contributed by atoms with Crippen molar-refractivity contribution in [3.63, 3.8) is 0 Å². The molecule has 0 aliphatic heterocycles. The molecule has 0 N–H and O–H groups in total. The van der Waals surface area contributed by atoms with Crippen LogP contribution in [0, 0.1) is 11.6 Å². The van der Waals surface area contributed by atoms with Crippen LogP contribution in [0.1, 0.15) is 34.5 Å². The summed E-state index contributed by atoms with van der Waals surface area (Å²) in [5.41, 5.74) is 1.73. The zero-order chi connectivity index (χ0) is 21.8. The summed E-state index contributed by atoms with van der Waals surface area (Å²) in [5, 5.41) is 0.445. The van der Waals surface area contributed by atoms with Crippen LogP contribution < -0.4 is 0 Å². The van der Waals surface area contributed by atoms with Gasteiger partial charge >= 0.3 is 0 Å². The van der Waals surface area contributed by atoms with Gasteiger partial charge in [0.25, 0.3) is 0 Å². The first-order chi connectivity index (χ1) is 15.1. The molecule has 31 heavy (non-hydrogen) atoms. The van der Waals surface area contributed by atoms with E-state index in [1.165, 1.54) is 24.3 Å². The molecule has 156 valence electrons. The highest BCUT2D eigenvalue weighted by Crippen LogP contribution is 2.41. The largest absolute Gasteiger partial charge is 0.356 e. The number of ether oxygens (including phenoxy) is 1. The van der Waals surface area contributed by atoms with Gasteiger partial charge in [0.05, 0.1) is 0 Å². The molecular weight excluding hydrogens is 437 g/mol. The van der Waals surface area contributed by atoms with Crippen LogP contribution in [0.3, 0.4) is 0 Å². The fourth-order valence-corrected chi connectivity index (χ4v) is 4.06. The third-order valence-electron chi connectivity index (χ3n) is 5.00. The molecule has 4 rings (SSSR count). The normalized spacial score (nSPS) is 13.0. The second-order valence-electron chi connectivity index (χ2n) is 6.99. The fourth-order valence-electron chi connectivity index (χ4n) is 3.54. The van der Waals surface area contributed by atoms with Crippen molar-refractivity contribution in [3.05, 3.63) is 141 Å². The average molecular weight is 455 g/mol. The van der Waals surface area contributed by atoms with Crippen LogP contribution in [0.15, 0.2) is 97.1 Å². The summed E-state index contributed by atoms with van der Waals surface area (Å²) in [7, 11) is 0. The summed E-state index contributed by atoms with van der Waals surface area (Å²) in [4.78, 5) is 0. The Balaban J connectivity index is 1.90. The van der Waals surface area contributed by atoms with E-state index in [-0.39, 0.29) is 21.2 Å². The molecular formula is C26H18Cl2F2O. The van der Waals surface area contributed by atoms with Crippen molar-refractivity contribution < 1.29 is 13.5 Å². The van der Waals surface area contributed by atoms with Gasteiger partial charge < -0.3 is 4.74 Å². The zero-order valence-corrected chi connectivity index (χ0v) is 17.8. The lowest BCUT2D eigenvalue weighted by Gasteiger charge is -2.28. The third kappa shape index (κ3) is 4.64. The Kier molecular flexibility index (Phi) is 6.67. The van der Waals surface area contributed by atoms with Gasteiger partial charge in [0, 0.05) is 21.2 Å². The lowest BCUT2D eigenvalue weighted by molar-refractivity contribution is 0.0272. The summed E-state index contributed by atoms with van der Waals surface area (Å²) in [5.74, 6) is -1.01. The maximum absolute atomic E-state index is 14.9. The van der Waals surface area contributed by atoms with Crippen molar-refractivity contribution in [1.82, 2.24) is 0 Å². The van der Waals surface area contributed by atoms with E-state index in [0.29, 0.717) is 11.1 Å². The smallest absolute Gasteiger partial charge is 0.130 e. The maximum Gasteiger partial charge on any atom is 0.130 e. The maximum atomic E-state index is 14.9. The van der Waals surface area contributed by atoms with Crippen LogP contribution in [-0.2, 0) is 4.74 Å². The zero-order valence-electron chi connectivity index (χ0n) is 16.3. The highest BCUT2D eigenvalue weighted by Gasteiger charge is 2.29. The SMILES string of the molecule is Fc1cccc(Cl)c1C(OC(c1ccccc1)c1c(F)cccc1Cl)c1ccccc1. The Bertz CT molecular complexity index is 1030. The van der Waals surface area contributed by atoms with Gasteiger partial charge in [0.2, 0.25) is 0 Å². The minimum Gasteiger partial charge on any atom is -0.356 e. The van der Waals surface area contributed by atoms with E-state index in [0.717, 1.165) is 0 Å². The molecule has 2 unspecified atom stereocenters. The van der Waals surface area contributed by atoms with Crippen molar-refractivity contribution >= 4 is 23.2 Å². The summed E-state index contributed by atoms with van der Waals surface area (Å²) in [6.07, 6.45) is -1.79. The van der Waals surface area contributed by atoms with E-state index >= 15 is 0 Å². The minimum atomic E-state index is -0.893. The van der Waals surface area contributed by atoms with E-state index in [1.54, 1.807) is 12.1 Å². The Morgan fingerprint density at radius 1 is 0.516 bits per heavy atom. The molecule has 0 saturated heterocycles. The Hall–Kier alpha value is -2.72. The molecule has 2 atom stereocenters. The molecule has 5 heteroatoms. The molecule has 0 aliphatic rings. The highest BCUT2D eigenvalue weighted by atomic mass is 35.5. The van der Waals surface area contributed by atoms with E-state index in [2.05, 4.69) is 0 Å². The predicted octanol–water partition coefficient (Wildman–Crippen LogP) is 8.17. The quantitative estimate of drug-likeness (QED) is 0.285. The molecule has 0 aromatic heterocycles. The van der Waals surface area contributed by atoms with Crippen molar-refractivity contribution in [1.29, 1.82) is 0 Å². The number of hydrogen-bond acceptors (Lipinski definition) is 1. The average Bonchev–Trinajstić information content (AvgIpc) is 2.78.